The Morgan fingerprint density at radius 3 is 2.64 bits per heavy atom. The fourth-order valence-corrected chi connectivity index (χ4v) is 3.00. The van der Waals surface area contributed by atoms with Crippen LogP contribution in [0, 0.1) is 5.41 Å². The molecule has 1 aromatic carbocycles. The lowest BCUT2D eigenvalue weighted by Crippen LogP contribution is -2.11. The largest absolute Gasteiger partial charge is 0.371 e. The van der Waals surface area contributed by atoms with Crippen LogP contribution in [0.3, 0.4) is 0 Å². The summed E-state index contributed by atoms with van der Waals surface area (Å²) in [6.45, 7) is 0. The van der Waals surface area contributed by atoms with Crippen LogP contribution in [0.2, 0.25) is 5.02 Å². The summed E-state index contributed by atoms with van der Waals surface area (Å²) in [6, 6.07) is 9.54. The van der Waals surface area contributed by atoms with Crippen molar-refractivity contribution in [2.24, 2.45) is 0 Å². The number of hydrogen-bond acceptors (Lipinski definition) is 4. The van der Waals surface area contributed by atoms with Gasteiger partial charge in [-0.3, -0.25) is 5.41 Å². The topological polar surface area (TPSA) is 61.7 Å². The number of allylic oxidation sites excluding steroid dienone is 2. The summed E-state index contributed by atoms with van der Waals surface area (Å²) >= 11 is 6.59. The average Bonchev–Trinajstić information content (AvgIpc) is 3.09. The van der Waals surface area contributed by atoms with Crippen LogP contribution in [0.1, 0.15) is 36.1 Å². The Hall–Kier alpha value is -2.20. The molecule has 0 fully saturated rings. The highest BCUT2D eigenvalue weighted by atomic mass is 35.5. The van der Waals surface area contributed by atoms with Crippen molar-refractivity contribution in [3.8, 4) is 0 Å². The van der Waals surface area contributed by atoms with Crippen molar-refractivity contribution in [3.63, 3.8) is 0 Å². The molecule has 1 aliphatic rings. The van der Waals surface area contributed by atoms with E-state index in [1.165, 1.54) is 0 Å². The highest BCUT2D eigenvalue weighted by Gasteiger charge is 2.22. The first kappa shape index (κ1) is 14.7. The van der Waals surface area contributed by atoms with Crippen LogP contribution < -0.4 is 5.32 Å². The van der Waals surface area contributed by atoms with Crippen molar-refractivity contribution in [2.45, 2.75) is 19.3 Å². The third kappa shape index (κ3) is 2.62. The number of rotatable bonds is 4. The van der Waals surface area contributed by atoms with E-state index in [4.69, 9.17) is 17.0 Å². The Balaban J connectivity index is 2.12. The van der Waals surface area contributed by atoms with Gasteiger partial charge in [0.25, 0.3) is 0 Å². The molecule has 0 unspecified atom stereocenters. The van der Waals surface area contributed by atoms with E-state index in [-0.39, 0.29) is 0 Å². The van der Waals surface area contributed by atoms with Crippen LogP contribution in [0.25, 0.3) is 5.57 Å². The summed E-state index contributed by atoms with van der Waals surface area (Å²) in [4.78, 5) is 0. The molecule has 5 heteroatoms. The summed E-state index contributed by atoms with van der Waals surface area (Å²) in [5, 5.41) is 20.5. The second-order valence-electron chi connectivity index (χ2n) is 5.20. The molecule has 2 aromatic rings. The minimum atomic E-state index is 0.352. The second-order valence-corrected chi connectivity index (χ2v) is 5.58. The number of nitrogens with one attached hydrogen (secondary N) is 2. The fourth-order valence-electron chi connectivity index (χ4n) is 2.66. The number of anilines is 1. The van der Waals surface area contributed by atoms with Gasteiger partial charge in [-0.1, -0.05) is 48.0 Å². The maximum atomic E-state index is 8.51. The lowest BCUT2D eigenvalue weighted by Gasteiger charge is -2.14. The lowest BCUT2D eigenvalue weighted by atomic mass is 10.0. The van der Waals surface area contributed by atoms with E-state index in [0.29, 0.717) is 27.8 Å². The van der Waals surface area contributed by atoms with Crippen molar-refractivity contribution in [2.75, 3.05) is 12.4 Å². The van der Waals surface area contributed by atoms with Gasteiger partial charge in [-0.2, -0.15) is 0 Å². The highest BCUT2D eigenvalue weighted by molar-refractivity contribution is 6.37. The Kier molecular flexibility index (Phi) is 4.20. The zero-order valence-electron chi connectivity index (χ0n) is 12.4. The van der Waals surface area contributed by atoms with Gasteiger partial charge in [0.1, 0.15) is 5.69 Å². The number of benzene rings is 1. The molecule has 3 rings (SSSR count). The highest BCUT2D eigenvalue weighted by Crippen LogP contribution is 2.35. The zero-order chi connectivity index (χ0) is 15.5. The van der Waals surface area contributed by atoms with Crippen LogP contribution in [0.15, 0.2) is 36.4 Å². The first-order valence-corrected chi connectivity index (χ1v) is 7.68. The molecule has 1 aromatic heterocycles. The fraction of sp³-hybridized carbons (Fsp3) is 0.235. The maximum absolute atomic E-state index is 8.51. The molecule has 112 valence electrons. The van der Waals surface area contributed by atoms with Crippen LogP contribution in [0.5, 0.6) is 0 Å². The SMILES string of the molecule is CNc1nnc(C2=CCCC2)c(Cl)c1C(=N)c1ccccc1. The molecule has 1 aliphatic carbocycles. The predicted molar refractivity (Wildman–Crippen MR) is 90.8 cm³/mol. The minimum Gasteiger partial charge on any atom is -0.371 e. The average molecular weight is 313 g/mol. The van der Waals surface area contributed by atoms with Crippen molar-refractivity contribution in [1.82, 2.24) is 10.2 Å². The summed E-state index contributed by atoms with van der Waals surface area (Å²) in [5.74, 6) is 0.529. The van der Waals surface area contributed by atoms with Crippen molar-refractivity contribution in [3.05, 3.63) is 58.3 Å². The second kappa shape index (κ2) is 6.28. The third-order valence-corrected chi connectivity index (χ3v) is 4.18. The number of halogens is 1. The van der Waals surface area contributed by atoms with Crippen LogP contribution in [-0.4, -0.2) is 23.0 Å². The van der Waals surface area contributed by atoms with Gasteiger partial charge >= 0.3 is 0 Å². The van der Waals surface area contributed by atoms with Crippen LogP contribution >= 0.6 is 11.6 Å². The standard InChI is InChI=1S/C17H17ClN4/c1-20-17-13(15(19)11-7-3-2-4-8-11)14(18)16(21-22-17)12-9-5-6-10-12/h2-4,7-9,19H,5-6,10H2,1H3,(H,20,22). The molecule has 0 atom stereocenters. The number of aromatic nitrogens is 2. The molecule has 4 nitrogen and oxygen atoms in total. The summed E-state index contributed by atoms with van der Waals surface area (Å²) in [6.07, 6.45) is 5.29. The first-order valence-electron chi connectivity index (χ1n) is 7.30. The summed E-state index contributed by atoms with van der Waals surface area (Å²) < 4.78 is 0. The van der Waals surface area contributed by atoms with Gasteiger partial charge in [0.2, 0.25) is 0 Å². The van der Waals surface area contributed by atoms with E-state index >= 15 is 0 Å². The predicted octanol–water partition coefficient (Wildman–Crippen LogP) is 4.16. The van der Waals surface area contributed by atoms with Gasteiger partial charge in [0, 0.05) is 12.6 Å². The van der Waals surface area contributed by atoms with E-state index in [0.717, 1.165) is 30.4 Å². The van der Waals surface area contributed by atoms with Crippen molar-refractivity contribution in [1.29, 1.82) is 5.41 Å². The smallest absolute Gasteiger partial charge is 0.159 e. The van der Waals surface area contributed by atoms with Gasteiger partial charge in [0.05, 0.1) is 16.3 Å². The molecule has 0 saturated heterocycles. The molecule has 0 saturated carbocycles. The molecule has 0 aliphatic heterocycles. The molecule has 0 radical (unpaired) electrons. The third-order valence-electron chi connectivity index (χ3n) is 3.81. The monoisotopic (exact) mass is 312 g/mol. The molecule has 0 spiro atoms. The number of hydrogen-bond donors (Lipinski definition) is 2. The normalized spacial score (nSPS) is 13.8. The zero-order valence-corrected chi connectivity index (χ0v) is 13.1. The quantitative estimate of drug-likeness (QED) is 0.833. The first-order chi connectivity index (χ1) is 10.7. The Morgan fingerprint density at radius 2 is 2.00 bits per heavy atom. The van der Waals surface area contributed by atoms with Crippen molar-refractivity contribution >= 4 is 28.7 Å². The molecule has 22 heavy (non-hydrogen) atoms. The van der Waals surface area contributed by atoms with E-state index in [2.05, 4.69) is 21.6 Å². The Labute approximate surface area is 134 Å². The van der Waals surface area contributed by atoms with Gasteiger partial charge in [-0.05, 0) is 24.8 Å². The van der Waals surface area contributed by atoms with E-state index < -0.39 is 0 Å². The molecule has 2 N–H and O–H groups in total. The van der Waals surface area contributed by atoms with Gasteiger partial charge < -0.3 is 5.32 Å². The Morgan fingerprint density at radius 1 is 1.23 bits per heavy atom. The maximum Gasteiger partial charge on any atom is 0.159 e. The molecule has 0 amide bonds. The van der Waals surface area contributed by atoms with Gasteiger partial charge in [-0.15, -0.1) is 10.2 Å². The van der Waals surface area contributed by atoms with Crippen molar-refractivity contribution < 1.29 is 0 Å². The van der Waals surface area contributed by atoms with E-state index in [9.17, 15) is 0 Å². The van der Waals surface area contributed by atoms with Gasteiger partial charge in [-0.25, -0.2) is 0 Å². The molecule has 0 bridgehead atoms. The molecular formula is C17H17ClN4. The van der Waals surface area contributed by atoms with Crippen LogP contribution in [-0.2, 0) is 0 Å². The van der Waals surface area contributed by atoms with E-state index in [1.54, 1.807) is 7.05 Å². The number of nitrogens with zero attached hydrogens (tertiary/aromatic N) is 2. The molecular weight excluding hydrogens is 296 g/mol. The van der Waals surface area contributed by atoms with Gasteiger partial charge in [0.15, 0.2) is 5.82 Å². The minimum absolute atomic E-state index is 0.352. The lowest BCUT2D eigenvalue weighted by molar-refractivity contribution is 0.925. The summed E-state index contributed by atoms with van der Waals surface area (Å²) in [5.41, 5.74) is 3.59. The van der Waals surface area contributed by atoms with E-state index in [1.807, 2.05) is 30.3 Å². The summed E-state index contributed by atoms with van der Waals surface area (Å²) in [7, 11) is 1.76. The Bertz CT molecular complexity index is 738. The molecule has 1 heterocycles. The van der Waals surface area contributed by atoms with Crippen LogP contribution in [0.4, 0.5) is 5.82 Å².